The van der Waals surface area contributed by atoms with Crippen molar-refractivity contribution in [2.75, 3.05) is 12.4 Å². The van der Waals surface area contributed by atoms with E-state index in [1.807, 2.05) is 0 Å². The topological polar surface area (TPSA) is 78.5 Å². The first-order valence-electron chi connectivity index (χ1n) is 4.26. The van der Waals surface area contributed by atoms with Gasteiger partial charge in [-0.25, -0.2) is 0 Å². The van der Waals surface area contributed by atoms with Crippen molar-refractivity contribution in [2.24, 2.45) is 0 Å². The third kappa shape index (κ3) is 4.90. The minimum atomic E-state index is -3.71. The molecule has 5 nitrogen and oxygen atoms in total. The molecule has 0 saturated heterocycles. The summed E-state index contributed by atoms with van der Waals surface area (Å²) in [4.78, 5) is 10.9. The fourth-order valence-electron chi connectivity index (χ4n) is 1.13. The fourth-order valence-corrected chi connectivity index (χ4v) is 1.94. The molecule has 1 N–H and O–H groups in total. The van der Waals surface area contributed by atoms with Crippen LogP contribution in [0.5, 0.6) is 5.75 Å². The van der Waals surface area contributed by atoms with Crippen molar-refractivity contribution in [2.45, 2.75) is 11.8 Å². The Balaban J connectivity index is 0.00000256. The van der Waals surface area contributed by atoms with Crippen molar-refractivity contribution >= 4 is 31.6 Å². The molecule has 0 aliphatic heterocycles. The number of nitrogens with one attached hydrogen (secondary N) is 1. The van der Waals surface area contributed by atoms with E-state index in [1.54, 1.807) is 0 Å². The molecule has 0 fully saturated rings. The number of ether oxygens (including phenoxy) is 1. The second kappa shape index (κ2) is 6.67. The van der Waals surface area contributed by atoms with Gasteiger partial charge >= 0.3 is 29.6 Å². The number of benzene rings is 1. The van der Waals surface area contributed by atoms with Gasteiger partial charge in [0, 0.05) is 11.8 Å². The molecule has 0 aromatic heterocycles. The first-order chi connectivity index (χ1) is 7.34. The second-order valence-corrected chi connectivity index (χ2v) is 5.69. The molecule has 0 aliphatic rings. The predicted molar refractivity (Wildman–Crippen MR) is 61.8 cm³/mol. The minimum Gasteiger partial charge on any atom is -0.766 e. The Kier molecular flexibility index (Phi) is 6.60. The molecule has 1 amide bonds. The van der Waals surface area contributed by atoms with Gasteiger partial charge in [-0.1, -0.05) is 0 Å². The summed E-state index contributed by atoms with van der Waals surface area (Å²) in [5, 5.41) is 2.46. The number of amides is 1. The number of rotatable bonds is 3. The largest absolute Gasteiger partial charge is 1.00 e. The number of hydrogen-bond donors (Lipinski definition) is 1. The van der Waals surface area contributed by atoms with E-state index < -0.39 is 8.77 Å². The van der Waals surface area contributed by atoms with Gasteiger partial charge in [-0.15, -0.1) is 0 Å². The Morgan fingerprint density at radius 2 is 2.12 bits per heavy atom. The van der Waals surface area contributed by atoms with Crippen LogP contribution in [0.15, 0.2) is 23.1 Å². The van der Waals surface area contributed by atoms with Gasteiger partial charge in [0.15, 0.2) is 0 Å². The Labute approximate surface area is 127 Å². The van der Waals surface area contributed by atoms with Gasteiger partial charge < -0.3 is 14.6 Å². The maximum absolute atomic E-state index is 11.1. The van der Waals surface area contributed by atoms with E-state index in [0.29, 0.717) is 5.75 Å². The van der Waals surface area contributed by atoms with E-state index in [4.69, 9.17) is 4.74 Å². The Hall–Kier alpha value is -0.180. The molecule has 1 unspecified atom stereocenters. The van der Waals surface area contributed by atoms with Crippen molar-refractivity contribution in [3.63, 3.8) is 0 Å². The van der Waals surface area contributed by atoms with E-state index in [2.05, 4.69) is 16.5 Å². The van der Waals surface area contributed by atoms with Gasteiger partial charge in [0.2, 0.25) is 5.91 Å². The summed E-state index contributed by atoms with van der Waals surface area (Å²) in [6, 6.07) is 4.03. The maximum Gasteiger partial charge on any atom is 1.00 e. The molecular weight excluding hydrogens is 273 g/mol. The minimum absolute atomic E-state index is 0. The van der Waals surface area contributed by atoms with Gasteiger partial charge in [0.05, 0.1) is 12.8 Å². The van der Waals surface area contributed by atoms with Crippen molar-refractivity contribution < 1.29 is 47.9 Å². The van der Waals surface area contributed by atoms with Crippen LogP contribution in [0, 0.1) is 0 Å². The summed E-state index contributed by atoms with van der Waals surface area (Å²) in [5.41, 5.74) is 0.279. The molecule has 0 heterocycles. The quantitative estimate of drug-likeness (QED) is 0.643. The van der Waals surface area contributed by atoms with Gasteiger partial charge in [-0.05, 0) is 38.2 Å². The number of hydrogen-bond acceptors (Lipinski definition) is 5. The average Bonchev–Trinajstić information content (AvgIpc) is 2.15. The first-order valence-corrected chi connectivity index (χ1v) is 6.67. The summed E-state index contributed by atoms with van der Waals surface area (Å²) in [7, 11) is -2.29. The summed E-state index contributed by atoms with van der Waals surface area (Å²) in [5.74, 6) is 0.0508. The summed E-state index contributed by atoms with van der Waals surface area (Å²) < 4.78 is 27.2. The third-order valence-corrected chi connectivity index (χ3v) is 3.18. The van der Waals surface area contributed by atoms with Gasteiger partial charge in [-0.2, -0.15) is 0 Å². The molecule has 1 rings (SSSR count). The van der Waals surface area contributed by atoms with Crippen molar-refractivity contribution in [3.8, 4) is 5.75 Å². The van der Waals surface area contributed by atoms with E-state index >= 15 is 0 Å². The zero-order chi connectivity index (χ0) is 12.3. The van der Waals surface area contributed by atoms with E-state index in [0.717, 1.165) is 0 Å². The third-order valence-electron chi connectivity index (χ3n) is 1.77. The van der Waals surface area contributed by atoms with Crippen LogP contribution in [-0.2, 0) is 24.8 Å². The van der Waals surface area contributed by atoms with Crippen molar-refractivity contribution in [1.82, 2.24) is 0 Å². The molecule has 0 saturated carbocycles. The van der Waals surface area contributed by atoms with Gasteiger partial charge in [0.25, 0.3) is 0 Å². The summed E-state index contributed by atoms with van der Waals surface area (Å²) in [6.07, 6.45) is 0. The molecule has 17 heavy (non-hydrogen) atoms. The summed E-state index contributed by atoms with van der Waals surface area (Å²) in [6.45, 7) is 1.31. The smallest absolute Gasteiger partial charge is 0.766 e. The molecule has 1 aromatic carbocycles. The van der Waals surface area contributed by atoms with Crippen molar-refractivity contribution in [1.29, 1.82) is 0 Å². The molecule has 0 bridgehead atoms. The predicted octanol–water partition coefficient (Wildman–Crippen LogP) is -2.11. The monoisotopic (exact) mass is 283 g/mol. The molecule has 1 atom stereocenters. The van der Waals surface area contributed by atoms with Crippen LogP contribution in [0.2, 0.25) is 0 Å². The second-order valence-electron chi connectivity index (χ2n) is 3.00. The number of anilines is 1. The number of carbonyl (C=O) groups excluding carboxylic acids is 1. The molecular formula is C9H10NNaO4S2. The molecule has 0 radical (unpaired) electrons. The van der Waals surface area contributed by atoms with Crippen LogP contribution >= 0.6 is 0 Å². The van der Waals surface area contributed by atoms with Crippen molar-refractivity contribution in [3.05, 3.63) is 18.2 Å². The van der Waals surface area contributed by atoms with Crippen LogP contribution in [-0.4, -0.2) is 21.8 Å². The molecule has 88 valence electrons. The zero-order valence-electron chi connectivity index (χ0n) is 9.68. The van der Waals surface area contributed by atoms with Crippen LogP contribution in [0.25, 0.3) is 0 Å². The molecule has 0 aliphatic carbocycles. The normalized spacial score (nSPS) is 13.1. The molecule has 0 spiro atoms. The fraction of sp³-hybridized carbons (Fsp3) is 0.222. The molecule has 1 aromatic rings. The van der Waals surface area contributed by atoms with Crippen LogP contribution in [0.3, 0.4) is 0 Å². The number of methoxy groups -OCH3 is 1. The van der Waals surface area contributed by atoms with E-state index in [-0.39, 0.29) is 46.0 Å². The van der Waals surface area contributed by atoms with Crippen LogP contribution in [0.1, 0.15) is 6.92 Å². The zero-order valence-corrected chi connectivity index (χ0v) is 13.3. The average molecular weight is 283 g/mol. The SMILES string of the molecule is COc1ccc(S(=O)([O-])=S)cc1NC(C)=O.[Na+]. The van der Waals surface area contributed by atoms with E-state index in [1.165, 1.54) is 32.2 Å². The van der Waals surface area contributed by atoms with Crippen LogP contribution in [0.4, 0.5) is 5.69 Å². The van der Waals surface area contributed by atoms with Gasteiger partial charge in [0.1, 0.15) is 5.75 Å². The Morgan fingerprint density at radius 1 is 1.53 bits per heavy atom. The molecule has 8 heteroatoms. The summed E-state index contributed by atoms with van der Waals surface area (Å²) >= 11 is 4.32. The Bertz CT molecular complexity index is 516. The van der Waals surface area contributed by atoms with Crippen LogP contribution < -0.4 is 39.6 Å². The number of carbonyl (C=O) groups is 1. The first kappa shape index (κ1) is 16.8. The van der Waals surface area contributed by atoms with Gasteiger partial charge in [-0.3, -0.25) is 9.00 Å². The Morgan fingerprint density at radius 3 is 2.53 bits per heavy atom. The van der Waals surface area contributed by atoms with E-state index in [9.17, 15) is 13.6 Å². The maximum atomic E-state index is 11.1. The standard InChI is InChI=1S/C9H11NO4S2.Na/c1-6(11)10-8-5-7(16(12,13)15)3-4-9(8)14-2;/h3-5H,1-2H3,(H,10,11)(H,12,13,15);/q;+1/p-1.